The third-order valence-corrected chi connectivity index (χ3v) is 2.52. The maximum Gasteiger partial charge on any atom is 0.0962 e. The molecule has 0 aliphatic heterocycles. The Hall–Kier alpha value is -0.940. The molecule has 0 aliphatic rings. The Kier molecular flexibility index (Phi) is 3.23. The summed E-state index contributed by atoms with van der Waals surface area (Å²) < 4.78 is 1.63. The molecule has 1 heterocycles. The fraction of sp³-hybridized carbons (Fsp3) is 0.778. The Balaban J connectivity index is 2.68. The largest absolute Gasteiger partial charge is 0.388 e. The molecule has 0 bridgehead atoms. The minimum atomic E-state index is -0.764. The zero-order valence-electron chi connectivity index (χ0n) is 8.94. The molecule has 0 radical (unpaired) electrons. The summed E-state index contributed by atoms with van der Waals surface area (Å²) in [6.45, 7) is 6.56. The van der Waals surface area contributed by atoms with Crippen molar-refractivity contribution in [2.45, 2.75) is 39.5 Å². The number of aromatic nitrogens is 3. The number of nitrogens with two attached hydrogens (primary N) is 1. The predicted octanol–water partition coefficient (Wildman–Crippen LogP) is 0.144. The maximum atomic E-state index is 10.0. The molecule has 0 fully saturated rings. The van der Waals surface area contributed by atoms with Crippen LogP contribution in [0.15, 0.2) is 6.20 Å². The first-order chi connectivity index (χ1) is 6.45. The molecule has 1 rings (SSSR count). The average molecular weight is 198 g/mol. The quantitative estimate of drug-likeness (QED) is 0.721. The molecule has 0 aliphatic carbocycles. The van der Waals surface area contributed by atoms with Gasteiger partial charge in [0, 0.05) is 12.7 Å². The molecule has 5 heteroatoms. The topological polar surface area (TPSA) is 77.0 Å². The highest BCUT2D eigenvalue weighted by Gasteiger charge is 2.25. The molecule has 1 atom stereocenters. The SMILES string of the molecule is CC(C)C(C)(O)Cn1cc(CN)nn1. The molecule has 0 saturated carbocycles. The van der Waals surface area contributed by atoms with Gasteiger partial charge in [0.05, 0.1) is 17.8 Å². The summed E-state index contributed by atoms with van der Waals surface area (Å²) in [5, 5.41) is 17.7. The van der Waals surface area contributed by atoms with E-state index in [-0.39, 0.29) is 5.92 Å². The molecule has 80 valence electrons. The van der Waals surface area contributed by atoms with Gasteiger partial charge in [-0.1, -0.05) is 19.1 Å². The van der Waals surface area contributed by atoms with Gasteiger partial charge in [0.1, 0.15) is 0 Å². The molecular weight excluding hydrogens is 180 g/mol. The first-order valence-corrected chi connectivity index (χ1v) is 4.77. The molecule has 1 unspecified atom stereocenters. The number of hydrogen-bond donors (Lipinski definition) is 2. The van der Waals surface area contributed by atoms with Crippen LogP contribution in [0, 0.1) is 5.92 Å². The van der Waals surface area contributed by atoms with Crippen molar-refractivity contribution in [3.8, 4) is 0 Å². The second kappa shape index (κ2) is 4.06. The molecule has 0 aromatic carbocycles. The number of rotatable bonds is 4. The molecule has 14 heavy (non-hydrogen) atoms. The summed E-state index contributed by atoms with van der Waals surface area (Å²) in [6, 6.07) is 0. The molecule has 1 aromatic heterocycles. The van der Waals surface area contributed by atoms with Crippen molar-refractivity contribution >= 4 is 0 Å². The smallest absolute Gasteiger partial charge is 0.0962 e. The zero-order valence-corrected chi connectivity index (χ0v) is 8.94. The molecule has 1 aromatic rings. The van der Waals surface area contributed by atoms with Gasteiger partial charge in [0.2, 0.25) is 0 Å². The lowest BCUT2D eigenvalue weighted by Gasteiger charge is -2.26. The third kappa shape index (κ3) is 2.52. The van der Waals surface area contributed by atoms with E-state index >= 15 is 0 Å². The first-order valence-electron chi connectivity index (χ1n) is 4.77. The predicted molar refractivity (Wildman–Crippen MR) is 53.4 cm³/mol. The standard InChI is InChI=1S/C9H18N4O/c1-7(2)9(3,14)6-13-5-8(4-10)11-12-13/h5,7,14H,4,6,10H2,1-3H3. The second-order valence-electron chi connectivity index (χ2n) is 4.12. The second-order valence-corrected chi connectivity index (χ2v) is 4.12. The van der Waals surface area contributed by atoms with E-state index in [1.807, 2.05) is 13.8 Å². The number of aliphatic hydroxyl groups is 1. The van der Waals surface area contributed by atoms with Crippen LogP contribution in [0.25, 0.3) is 0 Å². The van der Waals surface area contributed by atoms with E-state index in [2.05, 4.69) is 10.3 Å². The van der Waals surface area contributed by atoms with E-state index in [0.29, 0.717) is 13.1 Å². The lowest BCUT2D eigenvalue weighted by Crippen LogP contribution is -2.36. The molecular formula is C9H18N4O. The Labute approximate surface area is 83.9 Å². The molecule has 3 N–H and O–H groups in total. The van der Waals surface area contributed by atoms with Crippen LogP contribution in [0.4, 0.5) is 0 Å². The average Bonchev–Trinajstić information content (AvgIpc) is 2.51. The van der Waals surface area contributed by atoms with E-state index in [0.717, 1.165) is 5.69 Å². The van der Waals surface area contributed by atoms with E-state index in [1.165, 1.54) is 0 Å². The highest BCUT2D eigenvalue weighted by atomic mass is 16.3. The monoisotopic (exact) mass is 198 g/mol. The van der Waals surface area contributed by atoms with Gasteiger partial charge in [0.25, 0.3) is 0 Å². The van der Waals surface area contributed by atoms with E-state index in [1.54, 1.807) is 17.8 Å². The fourth-order valence-corrected chi connectivity index (χ4v) is 1.02. The summed E-state index contributed by atoms with van der Waals surface area (Å²) in [5.41, 5.74) is 5.38. The van der Waals surface area contributed by atoms with Crippen LogP contribution in [0.2, 0.25) is 0 Å². The molecule has 0 saturated heterocycles. The fourth-order valence-electron chi connectivity index (χ4n) is 1.02. The van der Waals surface area contributed by atoms with Crippen molar-refractivity contribution in [3.63, 3.8) is 0 Å². The summed E-state index contributed by atoms with van der Waals surface area (Å²) in [5.74, 6) is 0.174. The summed E-state index contributed by atoms with van der Waals surface area (Å²) in [6.07, 6.45) is 1.76. The first kappa shape index (κ1) is 11.1. The Morgan fingerprint density at radius 3 is 2.71 bits per heavy atom. The van der Waals surface area contributed by atoms with E-state index < -0.39 is 5.60 Å². The van der Waals surface area contributed by atoms with E-state index in [9.17, 15) is 5.11 Å². The van der Waals surface area contributed by atoms with Gasteiger partial charge in [-0.25, -0.2) is 4.68 Å². The maximum absolute atomic E-state index is 10.0. The van der Waals surface area contributed by atoms with Crippen molar-refractivity contribution in [2.24, 2.45) is 11.7 Å². The van der Waals surface area contributed by atoms with Crippen molar-refractivity contribution < 1.29 is 5.11 Å². The van der Waals surface area contributed by atoms with Gasteiger partial charge in [-0.05, 0) is 12.8 Å². The summed E-state index contributed by atoms with van der Waals surface area (Å²) >= 11 is 0. The van der Waals surface area contributed by atoms with Crippen LogP contribution >= 0.6 is 0 Å². The van der Waals surface area contributed by atoms with Gasteiger partial charge in [0.15, 0.2) is 0 Å². The van der Waals surface area contributed by atoms with Gasteiger partial charge in [-0.15, -0.1) is 5.10 Å². The molecule has 0 amide bonds. The van der Waals surface area contributed by atoms with E-state index in [4.69, 9.17) is 5.73 Å². The van der Waals surface area contributed by atoms with Crippen LogP contribution in [-0.2, 0) is 13.1 Å². The number of hydrogen-bond acceptors (Lipinski definition) is 4. The lowest BCUT2D eigenvalue weighted by atomic mass is 9.93. The van der Waals surface area contributed by atoms with Crippen LogP contribution in [-0.4, -0.2) is 25.7 Å². The highest BCUT2D eigenvalue weighted by molar-refractivity contribution is 4.91. The molecule has 5 nitrogen and oxygen atoms in total. The highest BCUT2D eigenvalue weighted by Crippen LogP contribution is 2.17. The summed E-state index contributed by atoms with van der Waals surface area (Å²) in [7, 11) is 0. The zero-order chi connectivity index (χ0) is 10.8. The Morgan fingerprint density at radius 2 is 2.29 bits per heavy atom. The van der Waals surface area contributed by atoms with Crippen LogP contribution in [0.1, 0.15) is 26.5 Å². The van der Waals surface area contributed by atoms with Gasteiger partial charge in [-0.2, -0.15) is 0 Å². The molecule has 0 spiro atoms. The van der Waals surface area contributed by atoms with Crippen molar-refractivity contribution in [1.29, 1.82) is 0 Å². The Bertz CT molecular complexity index is 293. The lowest BCUT2D eigenvalue weighted by molar-refractivity contribution is -0.00611. The Morgan fingerprint density at radius 1 is 1.64 bits per heavy atom. The van der Waals surface area contributed by atoms with Crippen LogP contribution in [0.3, 0.4) is 0 Å². The third-order valence-electron chi connectivity index (χ3n) is 2.52. The van der Waals surface area contributed by atoms with Crippen molar-refractivity contribution in [2.75, 3.05) is 0 Å². The van der Waals surface area contributed by atoms with Crippen LogP contribution in [0.5, 0.6) is 0 Å². The normalized spacial score (nSPS) is 15.9. The van der Waals surface area contributed by atoms with Crippen LogP contribution < -0.4 is 5.73 Å². The minimum absolute atomic E-state index is 0.174. The minimum Gasteiger partial charge on any atom is -0.388 e. The summed E-state index contributed by atoms with van der Waals surface area (Å²) in [4.78, 5) is 0. The van der Waals surface area contributed by atoms with Gasteiger partial charge in [-0.3, -0.25) is 0 Å². The van der Waals surface area contributed by atoms with Gasteiger partial charge < -0.3 is 10.8 Å². The van der Waals surface area contributed by atoms with Crippen molar-refractivity contribution in [1.82, 2.24) is 15.0 Å². The van der Waals surface area contributed by atoms with Crippen molar-refractivity contribution in [3.05, 3.63) is 11.9 Å². The number of nitrogens with zero attached hydrogens (tertiary/aromatic N) is 3. The van der Waals surface area contributed by atoms with Gasteiger partial charge >= 0.3 is 0 Å².